The van der Waals surface area contributed by atoms with Crippen LogP contribution in [0.1, 0.15) is 33.7 Å². The van der Waals surface area contributed by atoms with Crippen LogP contribution in [0.15, 0.2) is 65.7 Å². The average molecular weight is 661 g/mol. The number of aromatic nitrogens is 2. The molecule has 0 bridgehead atoms. The number of carbonyl (C=O) groups excluding carboxylic acids is 3. The van der Waals surface area contributed by atoms with E-state index in [-0.39, 0.29) is 44.3 Å². The number of H-pyrrole nitrogens is 1. The van der Waals surface area contributed by atoms with Crippen LogP contribution in [0, 0.1) is 0 Å². The summed E-state index contributed by atoms with van der Waals surface area (Å²) in [4.78, 5) is 42.1. The molecule has 5 rings (SSSR count). The molecule has 2 aliphatic rings. The summed E-state index contributed by atoms with van der Waals surface area (Å²) in [5.74, 6) is -1.33. The van der Waals surface area contributed by atoms with Crippen LogP contribution in [-0.4, -0.2) is 96.3 Å². The van der Waals surface area contributed by atoms with E-state index >= 15 is 0 Å². The highest BCUT2D eigenvalue weighted by molar-refractivity contribution is 7.89. The molecule has 1 spiro atoms. The Morgan fingerprint density at radius 3 is 2.45 bits per heavy atom. The smallest absolute Gasteiger partial charge is 0.274 e. The molecular weight excluding hydrogens is 629 g/mol. The average Bonchev–Trinajstić information content (AvgIpc) is 3.44. The maximum absolute atomic E-state index is 13.5. The largest absolute Gasteiger partial charge is 0.326 e. The highest BCUT2D eigenvalue weighted by Crippen LogP contribution is 2.43. The Bertz CT molecular complexity index is 1710. The van der Waals surface area contributed by atoms with Gasteiger partial charge in [0.05, 0.1) is 37.9 Å². The lowest BCUT2D eigenvalue weighted by Crippen LogP contribution is -2.46. The zero-order valence-electron chi connectivity index (χ0n) is 24.0. The standard InChI is InChI=1S/C29H31Cl2N7O5S/c1-36(2)14-4-8-24(39)33-19-9-11-20(12-10-19)44(42,43)37-15-5-13-29(17-37)18-38(29)28(41)26-23(16-32-35-26)34-27(40)25-21(30)6-3-7-22(25)31/h3-4,6-12,16H,5,13-15,17-18H2,1-2H3,(H,32,35)(H,33,39)(H,34,40)/b8-4+. The van der Waals surface area contributed by atoms with Crippen LogP contribution < -0.4 is 10.6 Å². The van der Waals surface area contributed by atoms with E-state index in [4.69, 9.17) is 23.2 Å². The van der Waals surface area contributed by atoms with Gasteiger partial charge in [0.2, 0.25) is 15.9 Å². The summed E-state index contributed by atoms with van der Waals surface area (Å²) < 4.78 is 28.5. The first-order chi connectivity index (χ1) is 20.9. The van der Waals surface area contributed by atoms with E-state index in [0.29, 0.717) is 38.2 Å². The van der Waals surface area contributed by atoms with Crippen LogP contribution in [0.25, 0.3) is 0 Å². The van der Waals surface area contributed by atoms with Crippen LogP contribution in [0.4, 0.5) is 11.4 Å². The van der Waals surface area contributed by atoms with Crippen molar-refractivity contribution in [3.8, 4) is 0 Å². The molecule has 1 atom stereocenters. The third-order valence-electron chi connectivity index (χ3n) is 7.48. The van der Waals surface area contributed by atoms with Gasteiger partial charge in [-0.2, -0.15) is 9.40 Å². The number of hydrogen-bond donors (Lipinski definition) is 3. The number of likely N-dealkylation sites (N-methyl/N-ethyl adjacent to an activating group) is 1. The predicted octanol–water partition coefficient (Wildman–Crippen LogP) is 3.70. The number of carbonyl (C=O) groups is 3. The molecule has 3 aromatic rings. The molecule has 3 amide bonds. The number of piperidine rings is 1. The van der Waals surface area contributed by atoms with Crippen molar-refractivity contribution in [3.05, 3.63) is 82.1 Å². The van der Waals surface area contributed by atoms with Crippen molar-refractivity contribution in [2.24, 2.45) is 0 Å². The number of hydrogen-bond acceptors (Lipinski definition) is 7. The fourth-order valence-electron chi connectivity index (χ4n) is 5.16. The van der Waals surface area contributed by atoms with Gasteiger partial charge in [0, 0.05) is 37.9 Å². The monoisotopic (exact) mass is 659 g/mol. The van der Waals surface area contributed by atoms with Gasteiger partial charge in [0.25, 0.3) is 11.8 Å². The van der Waals surface area contributed by atoms with Crippen molar-refractivity contribution >= 4 is 62.3 Å². The fraction of sp³-hybridized carbons (Fsp3) is 0.310. The van der Waals surface area contributed by atoms with Gasteiger partial charge in [-0.15, -0.1) is 0 Å². The van der Waals surface area contributed by atoms with Crippen LogP contribution in [0.2, 0.25) is 10.0 Å². The molecule has 2 aliphatic heterocycles. The van der Waals surface area contributed by atoms with Gasteiger partial charge in [-0.05, 0) is 63.3 Å². The summed E-state index contributed by atoms with van der Waals surface area (Å²) >= 11 is 12.3. The molecule has 0 saturated carbocycles. The third kappa shape index (κ3) is 6.66. The molecular formula is C29H31Cl2N7O5S. The molecule has 1 aromatic heterocycles. The lowest BCUT2D eigenvalue weighted by molar-refractivity contribution is -0.111. The number of rotatable bonds is 9. The maximum Gasteiger partial charge on any atom is 0.274 e. The van der Waals surface area contributed by atoms with Crippen LogP contribution >= 0.6 is 23.2 Å². The van der Waals surface area contributed by atoms with Gasteiger partial charge in [-0.1, -0.05) is 35.3 Å². The fourth-order valence-corrected chi connectivity index (χ4v) is 7.29. The number of sulfonamides is 1. The number of anilines is 2. The second-order valence-corrected chi connectivity index (χ2v) is 13.7. The predicted molar refractivity (Wildman–Crippen MR) is 168 cm³/mol. The van der Waals surface area contributed by atoms with Crippen molar-refractivity contribution < 1.29 is 22.8 Å². The van der Waals surface area contributed by atoms with E-state index in [9.17, 15) is 22.8 Å². The molecule has 3 N–H and O–H groups in total. The Morgan fingerprint density at radius 1 is 1.07 bits per heavy atom. The maximum atomic E-state index is 13.5. The molecule has 2 saturated heterocycles. The second kappa shape index (κ2) is 12.7. The number of halogens is 2. The van der Waals surface area contributed by atoms with Crippen molar-refractivity contribution in [1.82, 2.24) is 24.3 Å². The van der Waals surface area contributed by atoms with Crippen molar-refractivity contribution in [2.75, 3.05) is 50.9 Å². The second-order valence-electron chi connectivity index (χ2n) is 10.9. The molecule has 0 aliphatic carbocycles. The lowest BCUT2D eigenvalue weighted by Gasteiger charge is -2.32. The first-order valence-electron chi connectivity index (χ1n) is 13.7. The van der Waals surface area contributed by atoms with Gasteiger partial charge < -0.3 is 20.4 Å². The number of nitrogens with zero attached hydrogens (tertiary/aromatic N) is 4. The minimum atomic E-state index is -3.87. The van der Waals surface area contributed by atoms with Gasteiger partial charge in [-0.25, -0.2) is 8.42 Å². The zero-order valence-corrected chi connectivity index (χ0v) is 26.3. The summed E-state index contributed by atoms with van der Waals surface area (Å²) in [5.41, 5.74) is 0.0790. The molecule has 232 valence electrons. The Labute approximate surface area is 265 Å². The SMILES string of the molecule is CN(C)C/C=C/C(=O)Nc1ccc(S(=O)(=O)N2CCCC3(CN3C(=O)c3[nH]ncc3NC(=O)c3c(Cl)cccc3Cl)C2)cc1. The van der Waals surface area contributed by atoms with Crippen molar-refractivity contribution in [1.29, 1.82) is 0 Å². The summed E-state index contributed by atoms with van der Waals surface area (Å²) in [6.45, 7) is 1.41. The van der Waals surface area contributed by atoms with Crippen LogP contribution in [0.5, 0.6) is 0 Å². The van der Waals surface area contributed by atoms with Crippen molar-refractivity contribution in [3.63, 3.8) is 0 Å². The van der Waals surface area contributed by atoms with E-state index in [1.165, 1.54) is 40.8 Å². The molecule has 1 unspecified atom stereocenters. The zero-order chi connectivity index (χ0) is 31.6. The Morgan fingerprint density at radius 2 is 1.77 bits per heavy atom. The summed E-state index contributed by atoms with van der Waals surface area (Å²) in [5, 5.41) is 12.2. The normalized spacial score (nSPS) is 18.6. The Kier molecular flexibility index (Phi) is 9.14. The third-order valence-corrected chi connectivity index (χ3v) is 9.97. The number of amides is 3. The number of nitrogens with one attached hydrogen (secondary N) is 3. The summed E-state index contributed by atoms with van der Waals surface area (Å²) in [7, 11) is -0.0848. The van der Waals surface area contributed by atoms with Gasteiger partial charge in [0.15, 0.2) is 0 Å². The molecule has 15 heteroatoms. The molecule has 2 aromatic carbocycles. The topological polar surface area (TPSA) is 148 Å². The highest BCUT2D eigenvalue weighted by atomic mass is 35.5. The molecule has 12 nitrogen and oxygen atoms in total. The first-order valence-corrected chi connectivity index (χ1v) is 15.9. The van der Waals surface area contributed by atoms with Crippen LogP contribution in [0.3, 0.4) is 0 Å². The Hall–Kier alpha value is -3.75. The molecule has 2 fully saturated rings. The van der Waals surface area contributed by atoms with Gasteiger partial charge in [-0.3, -0.25) is 19.5 Å². The van der Waals surface area contributed by atoms with E-state index in [1.54, 1.807) is 29.2 Å². The van der Waals surface area contributed by atoms with Crippen molar-refractivity contribution in [2.45, 2.75) is 23.3 Å². The summed E-state index contributed by atoms with van der Waals surface area (Å²) in [6, 6.07) is 10.7. The minimum absolute atomic E-state index is 0.0626. The van der Waals surface area contributed by atoms with Gasteiger partial charge in [0.1, 0.15) is 5.69 Å². The van der Waals surface area contributed by atoms with Gasteiger partial charge >= 0.3 is 0 Å². The van der Waals surface area contributed by atoms with E-state index < -0.39 is 27.4 Å². The summed E-state index contributed by atoms with van der Waals surface area (Å²) in [6.07, 6.45) is 5.66. The first kappa shape index (κ1) is 31.7. The van der Waals surface area contributed by atoms with E-state index in [0.717, 1.165) is 0 Å². The molecule has 3 heterocycles. The van der Waals surface area contributed by atoms with E-state index in [1.807, 2.05) is 19.0 Å². The van der Waals surface area contributed by atoms with E-state index in [2.05, 4.69) is 20.8 Å². The molecule has 0 radical (unpaired) electrons. The number of benzene rings is 2. The van der Waals surface area contributed by atoms with Crippen LogP contribution in [-0.2, 0) is 14.8 Å². The Balaban J connectivity index is 1.24. The number of aromatic amines is 1. The quantitative estimate of drug-likeness (QED) is 0.234. The molecule has 44 heavy (non-hydrogen) atoms. The lowest BCUT2D eigenvalue weighted by atomic mass is 9.99. The highest BCUT2D eigenvalue weighted by Gasteiger charge is 2.58. The minimum Gasteiger partial charge on any atom is -0.326 e.